The van der Waals surface area contributed by atoms with Gasteiger partial charge in [0.05, 0.1) is 66.0 Å². The number of nitro benzene ring substituents is 4. The third-order valence-electron chi connectivity index (χ3n) is 26.0. The highest BCUT2D eigenvalue weighted by Crippen LogP contribution is 2.33. The molecule has 150 heavy (non-hydrogen) atoms. The Bertz CT molecular complexity index is 6340. The van der Waals surface area contributed by atoms with Crippen molar-refractivity contribution in [2.45, 2.75) is 205 Å². The number of aromatic amines is 1. The van der Waals surface area contributed by atoms with Gasteiger partial charge in [0.2, 0.25) is 0 Å². The first kappa shape index (κ1) is 119. The number of carbonyl (C=O) groups is 9. The lowest BCUT2D eigenvalue weighted by atomic mass is 10.1. The molecule has 0 unspecified atom stereocenters. The lowest BCUT2D eigenvalue weighted by molar-refractivity contribution is -0.385. The summed E-state index contributed by atoms with van der Waals surface area (Å²) in [6.45, 7) is 1.37. The number of primary amides is 2. The molecule has 45 heteroatoms. The summed E-state index contributed by atoms with van der Waals surface area (Å²) in [5.41, 5.74) is 25.9. The van der Waals surface area contributed by atoms with E-state index in [1.807, 2.05) is 69.5 Å². The minimum absolute atomic E-state index is 0. The fourth-order valence-electron chi connectivity index (χ4n) is 17.7. The maximum Gasteiger partial charge on any atom is 0.329 e. The van der Waals surface area contributed by atoms with Crippen LogP contribution >= 0.6 is 39.9 Å². The van der Waals surface area contributed by atoms with E-state index in [0.29, 0.717) is 75.0 Å². The molecule has 9 amide bonds. The number of alkyl halides is 1. The van der Waals surface area contributed by atoms with E-state index in [2.05, 4.69) is 68.8 Å². The van der Waals surface area contributed by atoms with Crippen LogP contribution in [-0.2, 0) is 0 Å². The number of nitrogens with two attached hydrogens (primary N) is 3. The smallest absolute Gasteiger partial charge is 0.329 e. The van der Waals surface area contributed by atoms with Gasteiger partial charge in [-0.25, -0.2) is 53.7 Å². The number of benzene rings is 7. The van der Waals surface area contributed by atoms with Gasteiger partial charge in [-0.2, -0.15) is 0 Å². The number of urea groups is 2. The second-order valence-electron chi connectivity index (χ2n) is 36.1. The Morgan fingerprint density at radius 2 is 0.700 bits per heavy atom. The summed E-state index contributed by atoms with van der Waals surface area (Å²) in [4.78, 5) is 177. The Balaban J connectivity index is 0.000000209. The Morgan fingerprint density at radius 1 is 0.413 bits per heavy atom. The van der Waals surface area contributed by atoms with Crippen molar-refractivity contribution in [2.75, 3.05) is 64.0 Å². The largest absolute Gasteiger partial charge is 0.399 e. The molecule has 5 aromatic heterocycles. The zero-order valence-electron chi connectivity index (χ0n) is 84.0. The van der Waals surface area contributed by atoms with Crippen molar-refractivity contribution in [1.82, 2.24) is 78.0 Å². The van der Waals surface area contributed by atoms with Crippen LogP contribution in [0.2, 0.25) is 0 Å². The standard InChI is InChI=1S/2C17H21N5O2.C16H18N4O3.C16H20N4O.C9H7N3O2.C8H6BrNO3.C8H7NO3.C7H12ClNO.C6H13N.CH4.ClH/c2*1-21(14-7-2-3-8-14)17(24)22-10-15(19-11-22)12-5-4-6-13(9-12)20-16(18)23;1-18(13-6-2-3-7-13)16(21)19-10-15(17-11-19)12-5-4-8-14(9-12)20(22)23;1-19(14-7-2-3-8-14)16(21)20-10-15(18-11-20)12-5-4-6-13(17)9-12;13-12(14)8-3-1-2-7(4-8)9-5-10-6-11-9;9-5-8(11)6-2-1-3-7(4-6)10(12)13;1-6(10)7-3-2-4-8(5-7)9(11)12;1-9(7(8)10)6-4-2-3-5-6;1-7-6-4-2-3-5-6;;/h2*4-6,9-11,14H,2-3,7-8H2,1H3,(H3,18,20,23);4-5,8-11,13H,2-3,6-7H2,1H3;4-6,9-11,14H,2-3,7-8,17H2,1H3;1-6H,(H,10,11);1-4H,5H2;2-5H,1H3;6H,2-5H2,1H3;6-7H,2-5H2,1H3;1H4;1H. The molecule has 12 aromatic rings. The molecule has 6 aliphatic rings. The Hall–Kier alpha value is -15.8. The van der Waals surface area contributed by atoms with Crippen LogP contribution in [-0.4, -0.2) is 229 Å². The van der Waals surface area contributed by atoms with Gasteiger partial charge in [0, 0.05) is 201 Å². The zero-order chi connectivity index (χ0) is 107. The summed E-state index contributed by atoms with van der Waals surface area (Å²) in [6, 6.07) is 46.8. The highest BCUT2D eigenvalue weighted by molar-refractivity contribution is 9.09. The van der Waals surface area contributed by atoms with E-state index in [-0.39, 0.29) is 95.0 Å². The fourth-order valence-corrected chi connectivity index (χ4v) is 18.1. The first-order chi connectivity index (χ1) is 71.0. The van der Waals surface area contributed by atoms with Crippen LogP contribution in [0.1, 0.15) is 189 Å². The van der Waals surface area contributed by atoms with Gasteiger partial charge in [-0.1, -0.05) is 185 Å². The highest BCUT2D eigenvalue weighted by atomic mass is 79.9. The van der Waals surface area contributed by atoms with Gasteiger partial charge >= 0.3 is 41.6 Å². The number of amides is 9. The molecule has 7 aromatic carbocycles. The average Bonchev–Trinajstić information content (AvgIpc) is 1.69. The number of nitrogens with zero attached hydrogens (tertiary/aromatic N) is 18. The molecule has 42 nitrogen and oxygen atoms in total. The molecule has 6 fully saturated rings. The van der Waals surface area contributed by atoms with E-state index in [9.17, 15) is 83.6 Å². The minimum Gasteiger partial charge on any atom is -0.399 e. The summed E-state index contributed by atoms with van der Waals surface area (Å²) in [5, 5.41) is 50.1. The van der Waals surface area contributed by atoms with E-state index in [1.165, 1.54) is 184 Å². The van der Waals surface area contributed by atoms with Gasteiger partial charge in [-0.05, 0) is 139 Å². The van der Waals surface area contributed by atoms with Gasteiger partial charge in [0.1, 0.15) is 25.3 Å². The second-order valence-corrected chi connectivity index (χ2v) is 37.0. The van der Waals surface area contributed by atoms with E-state index in [4.69, 9.17) is 28.8 Å². The van der Waals surface area contributed by atoms with Gasteiger partial charge < -0.3 is 62.6 Å². The van der Waals surface area contributed by atoms with Crippen molar-refractivity contribution in [1.29, 1.82) is 0 Å². The lowest BCUT2D eigenvalue weighted by Crippen LogP contribution is -2.37. The molecule has 0 spiro atoms. The third-order valence-corrected chi connectivity index (χ3v) is 26.8. The van der Waals surface area contributed by atoms with Crippen LogP contribution < -0.4 is 33.2 Å². The highest BCUT2D eigenvalue weighted by Gasteiger charge is 2.31. The number of H-pyrrole nitrogens is 1. The van der Waals surface area contributed by atoms with Gasteiger partial charge in [-0.3, -0.25) is 73.1 Å². The molecular weight excluding hydrogens is 2030 g/mol. The predicted molar refractivity (Wildman–Crippen MR) is 583 cm³/mol. The van der Waals surface area contributed by atoms with Crippen molar-refractivity contribution >= 4 is 133 Å². The van der Waals surface area contributed by atoms with Crippen LogP contribution in [0.15, 0.2) is 232 Å². The molecule has 10 N–H and O–H groups in total. The second kappa shape index (κ2) is 59.9. The first-order valence-electron chi connectivity index (χ1n) is 48.6. The van der Waals surface area contributed by atoms with Gasteiger partial charge in [0.25, 0.3) is 22.7 Å². The average molecular weight is 2170 g/mol. The summed E-state index contributed by atoms with van der Waals surface area (Å²) in [6.07, 6.45) is 44.4. The lowest BCUT2D eigenvalue weighted by Gasteiger charge is -2.23. The summed E-state index contributed by atoms with van der Waals surface area (Å²) in [5.74, 6) is -0.331. The number of non-ortho nitro benzene ring substituents is 4. The minimum atomic E-state index is -0.619. The molecule has 0 saturated heterocycles. The van der Waals surface area contributed by atoms with E-state index in [0.717, 1.165) is 117 Å². The number of nitrogen functional groups attached to an aromatic ring is 1. The van der Waals surface area contributed by atoms with Crippen LogP contribution in [0, 0.1) is 40.5 Å². The number of halogens is 3. The zero-order valence-corrected chi connectivity index (χ0v) is 87.1. The number of Topliss-reactive ketones (excluding diaryl/α,β-unsaturated/α-hetero) is 2. The number of hydrogen-bond donors (Lipinski definition) is 7. The summed E-state index contributed by atoms with van der Waals surface area (Å²) >= 11 is 8.29. The maximum absolute atomic E-state index is 12.6. The number of rotatable bonds is 20. The SMILES string of the molecule is C.CC(=O)c1cccc([N+](=O)[O-])c1.CN(C(=O)Cl)C1CCCC1.CN(C(=O)n1cnc(-c2cccc(N)c2)c1)C1CCCC1.CN(C(=O)n1cnc(-c2cccc(NC(N)=O)c2)c1)C1CCCC1.CN(C(=O)n1cnc(-c2cccc(NC(N)=O)c2)c1)C1CCCC1.CN(C(=O)n1cnc(-c2cccc([N+](=O)[O-])c2)c1)C1CCCC1.CNC1CCCC1.Cl.O=C(CBr)c1cccc([N+](=O)[O-])c1.O=[N+]([O-])c1cccc(-c2cnc[nH]2)c1. The number of anilines is 3. The Morgan fingerprint density at radius 3 is 1.00 bits per heavy atom. The van der Waals surface area contributed by atoms with Crippen LogP contribution in [0.4, 0.5) is 73.4 Å². The number of hydrogen-bond acceptors (Lipinski definition) is 24. The fraction of sp³-hybridized carbons (Fsp3) is 0.371. The number of nitrogens with one attached hydrogen (secondary N) is 4. The van der Waals surface area contributed by atoms with Crippen LogP contribution in [0.25, 0.3) is 56.3 Å². The molecule has 5 heterocycles. The third kappa shape index (κ3) is 36.1. The topological polar surface area (TPSA) is 556 Å². The summed E-state index contributed by atoms with van der Waals surface area (Å²) < 4.78 is 5.99. The van der Waals surface area contributed by atoms with Crippen molar-refractivity contribution < 1.29 is 62.8 Å². The first-order valence-corrected chi connectivity index (χ1v) is 50.1. The normalized spacial score (nSPS) is 14.0. The van der Waals surface area contributed by atoms with Crippen molar-refractivity contribution in [3.05, 3.63) is 284 Å². The molecule has 0 aliphatic heterocycles. The Kier molecular flexibility index (Phi) is 47.7. The molecular formula is C105H130BrCl2N25O17. The van der Waals surface area contributed by atoms with Crippen molar-refractivity contribution in [3.63, 3.8) is 0 Å². The van der Waals surface area contributed by atoms with E-state index >= 15 is 0 Å². The van der Waals surface area contributed by atoms with E-state index in [1.54, 1.807) is 141 Å². The number of imidazole rings is 5. The molecule has 0 bridgehead atoms. The predicted octanol–water partition coefficient (Wildman–Crippen LogP) is 22.4. The molecule has 0 atom stereocenters. The Labute approximate surface area is 888 Å². The van der Waals surface area contributed by atoms with Crippen LogP contribution in [0.3, 0.4) is 0 Å². The quantitative estimate of drug-likeness (QED) is 0.00708. The van der Waals surface area contributed by atoms with Crippen molar-refractivity contribution in [3.8, 4) is 56.3 Å². The van der Waals surface area contributed by atoms with Crippen LogP contribution in [0.5, 0.6) is 0 Å². The number of ketones is 2. The molecule has 0 radical (unpaired) electrons. The number of nitro groups is 4. The number of aromatic nitrogens is 10. The maximum atomic E-state index is 12.6. The van der Waals surface area contributed by atoms with E-state index < -0.39 is 31.8 Å². The monoisotopic (exact) mass is 2160 g/mol. The van der Waals surface area contributed by atoms with Gasteiger partial charge in [0.15, 0.2) is 11.6 Å². The number of carbonyl (C=O) groups excluding carboxylic acids is 9. The molecule has 6 aliphatic carbocycles. The summed E-state index contributed by atoms with van der Waals surface area (Å²) in [7, 11) is 11.2. The molecule has 6 saturated carbocycles. The van der Waals surface area contributed by atoms with Crippen molar-refractivity contribution in [2.24, 2.45) is 11.5 Å². The molecule has 798 valence electrons. The molecule has 18 rings (SSSR count). The van der Waals surface area contributed by atoms with Gasteiger partial charge in [-0.15, -0.1) is 12.4 Å².